The first-order chi connectivity index (χ1) is 10.2. The number of hydrogen-bond acceptors (Lipinski definition) is 4. The average molecular weight is 288 g/mol. The number of aliphatic hydroxyl groups is 2. The first-order valence-electron chi connectivity index (χ1n) is 7.09. The van der Waals surface area contributed by atoms with Gasteiger partial charge in [-0.25, -0.2) is 0 Å². The quantitative estimate of drug-likeness (QED) is 0.797. The summed E-state index contributed by atoms with van der Waals surface area (Å²) >= 11 is 0. The van der Waals surface area contributed by atoms with E-state index in [9.17, 15) is 15.0 Å². The van der Waals surface area contributed by atoms with Gasteiger partial charge >= 0.3 is 5.97 Å². The molecule has 0 spiro atoms. The van der Waals surface area contributed by atoms with Crippen LogP contribution in [0.2, 0.25) is 0 Å². The highest BCUT2D eigenvalue weighted by Gasteiger charge is 2.27. The summed E-state index contributed by atoms with van der Waals surface area (Å²) in [4.78, 5) is 11.7. The maximum absolute atomic E-state index is 11.7. The van der Waals surface area contributed by atoms with Crippen molar-refractivity contribution in [3.63, 3.8) is 0 Å². The number of ether oxygens (including phenoxy) is 1. The first-order valence-corrected chi connectivity index (χ1v) is 7.09. The summed E-state index contributed by atoms with van der Waals surface area (Å²) < 4.78 is 4.88. The van der Waals surface area contributed by atoms with Crippen LogP contribution in [-0.4, -0.2) is 35.5 Å². The normalized spacial score (nSPS) is 13.9. The molecule has 0 saturated carbocycles. The van der Waals surface area contributed by atoms with E-state index in [-0.39, 0.29) is 6.61 Å². The zero-order valence-electron chi connectivity index (χ0n) is 12.0. The summed E-state index contributed by atoms with van der Waals surface area (Å²) in [5, 5.41) is 21.7. The molecule has 0 aliphatic rings. The van der Waals surface area contributed by atoms with E-state index in [2.05, 4.69) is 0 Å². The SMILES string of the molecule is CCOC(=O)[C@@H](CO)[C@@H](O)Cc1cccc2ccccc12. The van der Waals surface area contributed by atoms with Crippen molar-refractivity contribution in [1.29, 1.82) is 0 Å². The summed E-state index contributed by atoms with van der Waals surface area (Å²) in [5.41, 5.74) is 0.948. The van der Waals surface area contributed by atoms with Crippen molar-refractivity contribution in [3.8, 4) is 0 Å². The monoisotopic (exact) mass is 288 g/mol. The van der Waals surface area contributed by atoms with Gasteiger partial charge in [-0.15, -0.1) is 0 Å². The highest BCUT2D eigenvalue weighted by Crippen LogP contribution is 2.21. The minimum absolute atomic E-state index is 0.232. The Hall–Kier alpha value is -1.91. The lowest BCUT2D eigenvalue weighted by atomic mass is 9.93. The summed E-state index contributed by atoms with van der Waals surface area (Å²) in [6, 6.07) is 13.7. The summed E-state index contributed by atoms with van der Waals surface area (Å²) in [7, 11) is 0. The third-order valence-electron chi connectivity index (χ3n) is 3.56. The molecule has 2 N–H and O–H groups in total. The van der Waals surface area contributed by atoms with Gasteiger partial charge in [0, 0.05) is 0 Å². The molecule has 0 aliphatic heterocycles. The van der Waals surface area contributed by atoms with Crippen LogP contribution in [0.5, 0.6) is 0 Å². The molecule has 2 rings (SSSR count). The van der Waals surface area contributed by atoms with Crippen molar-refractivity contribution >= 4 is 16.7 Å². The Kier molecular flexibility index (Phi) is 5.31. The molecule has 2 atom stereocenters. The summed E-state index contributed by atoms with van der Waals surface area (Å²) in [6.45, 7) is 1.50. The van der Waals surface area contributed by atoms with Gasteiger partial charge < -0.3 is 14.9 Å². The molecule has 0 unspecified atom stereocenters. The van der Waals surface area contributed by atoms with Gasteiger partial charge in [-0.1, -0.05) is 42.5 Å². The zero-order chi connectivity index (χ0) is 15.2. The van der Waals surface area contributed by atoms with Crippen LogP contribution in [-0.2, 0) is 16.0 Å². The van der Waals surface area contributed by atoms with E-state index < -0.39 is 24.6 Å². The second-order valence-electron chi connectivity index (χ2n) is 4.95. The lowest BCUT2D eigenvalue weighted by Crippen LogP contribution is -2.34. The molecule has 0 bridgehead atoms. The largest absolute Gasteiger partial charge is 0.466 e. The highest BCUT2D eigenvalue weighted by molar-refractivity contribution is 5.85. The molecule has 2 aromatic rings. The number of aliphatic hydroxyl groups excluding tert-OH is 2. The molecule has 0 radical (unpaired) electrons. The third-order valence-corrected chi connectivity index (χ3v) is 3.56. The molecular weight excluding hydrogens is 268 g/mol. The molecule has 4 heteroatoms. The minimum Gasteiger partial charge on any atom is -0.466 e. The van der Waals surface area contributed by atoms with Crippen LogP contribution in [0.15, 0.2) is 42.5 Å². The Bertz CT molecular complexity index is 603. The minimum atomic E-state index is -0.972. The predicted octanol–water partition coefficient (Wildman–Crippen LogP) is 1.91. The molecule has 2 aromatic carbocycles. The predicted molar refractivity (Wildman–Crippen MR) is 80.9 cm³/mol. The first kappa shape index (κ1) is 15.5. The molecular formula is C17H20O4. The summed E-state index contributed by atoms with van der Waals surface area (Å²) in [5.74, 6) is -1.48. The molecule has 0 aromatic heterocycles. The van der Waals surface area contributed by atoms with Gasteiger partial charge in [-0.05, 0) is 29.7 Å². The van der Waals surface area contributed by atoms with Gasteiger partial charge in [0.2, 0.25) is 0 Å². The third kappa shape index (κ3) is 3.60. The van der Waals surface area contributed by atoms with E-state index in [0.717, 1.165) is 16.3 Å². The maximum atomic E-state index is 11.7. The Labute approximate surface area is 124 Å². The highest BCUT2D eigenvalue weighted by atomic mass is 16.5. The number of carbonyl (C=O) groups is 1. The Morgan fingerprint density at radius 1 is 1.19 bits per heavy atom. The lowest BCUT2D eigenvalue weighted by molar-refractivity contribution is -0.153. The Balaban J connectivity index is 2.20. The van der Waals surface area contributed by atoms with Crippen molar-refractivity contribution in [1.82, 2.24) is 0 Å². The van der Waals surface area contributed by atoms with Crippen LogP contribution in [0, 0.1) is 5.92 Å². The topological polar surface area (TPSA) is 66.8 Å². The van der Waals surface area contributed by atoms with Gasteiger partial charge in [-0.3, -0.25) is 4.79 Å². The molecule has 21 heavy (non-hydrogen) atoms. The Morgan fingerprint density at radius 3 is 2.62 bits per heavy atom. The van der Waals surface area contributed by atoms with E-state index in [1.54, 1.807) is 6.92 Å². The number of carbonyl (C=O) groups excluding carboxylic acids is 1. The lowest BCUT2D eigenvalue weighted by Gasteiger charge is -2.20. The second-order valence-corrected chi connectivity index (χ2v) is 4.95. The van der Waals surface area contributed by atoms with Crippen molar-refractivity contribution in [3.05, 3.63) is 48.0 Å². The number of esters is 1. The fourth-order valence-corrected chi connectivity index (χ4v) is 2.44. The zero-order valence-corrected chi connectivity index (χ0v) is 12.0. The van der Waals surface area contributed by atoms with Gasteiger partial charge in [0.1, 0.15) is 5.92 Å². The smallest absolute Gasteiger partial charge is 0.313 e. The van der Waals surface area contributed by atoms with E-state index in [0.29, 0.717) is 6.42 Å². The average Bonchev–Trinajstić information content (AvgIpc) is 2.48. The maximum Gasteiger partial charge on any atom is 0.313 e. The molecule has 0 saturated heterocycles. The van der Waals surface area contributed by atoms with Gasteiger partial charge in [-0.2, -0.15) is 0 Å². The fraction of sp³-hybridized carbons (Fsp3) is 0.353. The van der Waals surface area contributed by atoms with Crippen LogP contribution in [0.25, 0.3) is 10.8 Å². The van der Waals surface area contributed by atoms with Crippen LogP contribution in [0.1, 0.15) is 12.5 Å². The van der Waals surface area contributed by atoms with Crippen molar-refractivity contribution in [2.24, 2.45) is 5.92 Å². The van der Waals surface area contributed by atoms with E-state index >= 15 is 0 Å². The van der Waals surface area contributed by atoms with Gasteiger partial charge in [0.25, 0.3) is 0 Å². The number of hydrogen-bond donors (Lipinski definition) is 2. The Morgan fingerprint density at radius 2 is 1.90 bits per heavy atom. The number of benzene rings is 2. The van der Waals surface area contributed by atoms with E-state index in [4.69, 9.17) is 4.74 Å². The number of fused-ring (bicyclic) bond motifs is 1. The molecule has 112 valence electrons. The fourth-order valence-electron chi connectivity index (χ4n) is 2.44. The van der Waals surface area contributed by atoms with Crippen molar-refractivity contribution in [2.45, 2.75) is 19.4 Å². The van der Waals surface area contributed by atoms with Crippen LogP contribution >= 0.6 is 0 Å². The number of rotatable bonds is 6. The summed E-state index contributed by atoms with van der Waals surface area (Å²) in [6.07, 6.45) is -0.675. The molecule has 4 nitrogen and oxygen atoms in total. The van der Waals surface area contributed by atoms with E-state index in [1.165, 1.54) is 0 Å². The van der Waals surface area contributed by atoms with E-state index in [1.807, 2.05) is 42.5 Å². The van der Waals surface area contributed by atoms with Crippen LogP contribution in [0.3, 0.4) is 0 Å². The molecule has 0 fully saturated rings. The van der Waals surface area contributed by atoms with Crippen LogP contribution < -0.4 is 0 Å². The van der Waals surface area contributed by atoms with Gasteiger partial charge in [0.05, 0.1) is 19.3 Å². The van der Waals surface area contributed by atoms with Crippen LogP contribution in [0.4, 0.5) is 0 Å². The molecule has 0 amide bonds. The van der Waals surface area contributed by atoms with Crippen molar-refractivity contribution in [2.75, 3.05) is 13.2 Å². The molecule has 0 heterocycles. The van der Waals surface area contributed by atoms with Gasteiger partial charge in [0.15, 0.2) is 0 Å². The molecule has 0 aliphatic carbocycles. The second kappa shape index (κ2) is 7.20. The standard InChI is InChI=1S/C17H20O4/c1-2-21-17(20)15(11-18)16(19)10-13-8-5-7-12-6-3-4-9-14(12)13/h3-9,15-16,18-19H,2,10-11H2,1H3/t15-,16-/m0/s1. The van der Waals surface area contributed by atoms with Crippen molar-refractivity contribution < 1.29 is 19.7 Å².